The number of thioether (sulfide) groups is 1. The molecule has 0 fully saturated rings. The average molecular weight is 381 g/mol. The van der Waals surface area contributed by atoms with Crippen LogP contribution >= 0.6 is 11.8 Å². The molecular weight excluding hydrogens is 356 g/mol. The Labute approximate surface area is 164 Å². The molecule has 0 spiro atoms. The molecule has 0 saturated heterocycles. The van der Waals surface area contributed by atoms with Gasteiger partial charge in [0.15, 0.2) is 5.16 Å². The molecule has 140 valence electrons. The van der Waals surface area contributed by atoms with Crippen molar-refractivity contribution >= 4 is 23.4 Å². The Balaban J connectivity index is 1.65. The van der Waals surface area contributed by atoms with Gasteiger partial charge in [-0.2, -0.15) is 0 Å². The molecule has 0 aliphatic carbocycles. The number of carbonyl (C=O) groups is 1. The van der Waals surface area contributed by atoms with Gasteiger partial charge in [0.1, 0.15) is 5.82 Å². The molecule has 1 aromatic heterocycles. The first-order valence-corrected chi connectivity index (χ1v) is 10.0. The zero-order valence-electron chi connectivity index (χ0n) is 15.9. The van der Waals surface area contributed by atoms with E-state index in [1.54, 1.807) is 0 Å². The Kier molecular flexibility index (Phi) is 6.29. The van der Waals surface area contributed by atoms with Gasteiger partial charge in [-0.15, -0.1) is 10.2 Å². The number of nitrogens with one attached hydrogen (secondary N) is 1. The van der Waals surface area contributed by atoms with E-state index >= 15 is 0 Å². The topological polar surface area (TPSA) is 59.8 Å². The van der Waals surface area contributed by atoms with Crippen LogP contribution in [0.15, 0.2) is 53.7 Å². The normalized spacial score (nSPS) is 10.8. The van der Waals surface area contributed by atoms with Crippen LogP contribution < -0.4 is 5.32 Å². The molecule has 5 nitrogen and oxygen atoms in total. The summed E-state index contributed by atoms with van der Waals surface area (Å²) in [7, 11) is 0. The average Bonchev–Trinajstić information content (AvgIpc) is 3.05. The van der Waals surface area contributed by atoms with Crippen molar-refractivity contribution in [3.63, 3.8) is 0 Å². The predicted molar refractivity (Wildman–Crippen MR) is 110 cm³/mol. The first kappa shape index (κ1) is 19.2. The van der Waals surface area contributed by atoms with E-state index in [-0.39, 0.29) is 5.91 Å². The summed E-state index contributed by atoms with van der Waals surface area (Å²) in [5.41, 5.74) is 4.22. The summed E-state index contributed by atoms with van der Waals surface area (Å²) in [6.07, 6.45) is 0.733. The number of aromatic nitrogens is 3. The van der Waals surface area contributed by atoms with E-state index in [2.05, 4.69) is 39.1 Å². The molecule has 0 aliphatic rings. The number of hydrogen-bond acceptors (Lipinski definition) is 4. The monoisotopic (exact) mass is 380 g/mol. The van der Waals surface area contributed by atoms with Gasteiger partial charge in [-0.25, -0.2) is 0 Å². The largest absolute Gasteiger partial charge is 0.325 e. The summed E-state index contributed by atoms with van der Waals surface area (Å²) in [5.74, 6) is 1.19. The molecule has 1 heterocycles. The molecule has 0 aliphatic heterocycles. The maximum Gasteiger partial charge on any atom is 0.234 e. The van der Waals surface area contributed by atoms with E-state index < -0.39 is 0 Å². The molecule has 27 heavy (non-hydrogen) atoms. The number of para-hydroxylation sites is 1. The fraction of sp³-hybridized carbons (Fsp3) is 0.286. The van der Waals surface area contributed by atoms with Gasteiger partial charge in [-0.3, -0.25) is 4.79 Å². The highest BCUT2D eigenvalue weighted by Gasteiger charge is 2.14. The minimum absolute atomic E-state index is 0.0346. The van der Waals surface area contributed by atoms with Crippen LogP contribution in [0, 0.1) is 13.8 Å². The van der Waals surface area contributed by atoms with Gasteiger partial charge in [0.25, 0.3) is 0 Å². The molecular formula is C21H24N4OS. The maximum absolute atomic E-state index is 12.4. The summed E-state index contributed by atoms with van der Waals surface area (Å²) in [4.78, 5) is 12.4. The van der Waals surface area contributed by atoms with Crippen LogP contribution in [-0.4, -0.2) is 26.4 Å². The van der Waals surface area contributed by atoms with E-state index in [1.807, 2.05) is 50.2 Å². The zero-order chi connectivity index (χ0) is 19.2. The molecule has 1 N–H and O–H groups in total. The Morgan fingerprint density at radius 2 is 1.74 bits per heavy atom. The molecule has 3 aromatic rings. The summed E-state index contributed by atoms with van der Waals surface area (Å²) >= 11 is 1.42. The SMILES string of the molecule is CCn1c(Cc2ccccc2)nnc1SCC(=O)Nc1c(C)cccc1C. The van der Waals surface area contributed by atoms with Crippen LogP contribution in [0.5, 0.6) is 0 Å². The predicted octanol–water partition coefficient (Wildman–Crippen LogP) is 4.24. The van der Waals surface area contributed by atoms with Gasteiger partial charge in [0, 0.05) is 18.7 Å². The van der Waals surface area contributed by atoms with Gasteiger partial charge in [0.05, 0.1) is 5.75 Å². The quantitative estimate of drug-likeness (QED) is 0.623. The van der Waals surface area contributed by atoms with Crippen molar-refractivity contribution in [2.45, 2.75) is 38.9 Å². The van der Waals surface area contributed by atoms with Crippen molar-refractivity contribution in [3.05, 3.63) is 71.0 Å². The zero-order valence-corrected chi connectivity index (χ0v) is 16.7. The first-order valence-electron chi connectivity index (χ1n) is 9.03. The minimum atomic E-state index is -0.0346. The third-order valence-corrected chi connectivity index (χ3v) is 5.36. The van der Waals surface area contributed by atoms with Crippen LogP contribution in [0.2, 0.25) is 0 Å². The van der Waals surface area contributed by atoms with Crippen LogP contribution in [0.3, 0.4) is 0 Å². The Morgan fingerprint density at radius 3 is 2.41 bits per heavy atom. The Hall–Kier alpha value is -2.60. The van der Waals surface area contributed by atoms with Crippen molar-refractivity contribution in [1.82, 2.24) is 14.8 Å². The van der Waals surface area contributed by atoms with Gasteiger partial charge >= 0.3 is 0 Å². The van der Waals surface area contributed by atoms with Crippen LogP contribution in [-0.2, 0) is 17.8 Å². The molecule has 0 radical (unpaired) electrons. The summed E-state index contributed by atoms with van der Waals surface area (Å²) in [6.45, 7) is 6.84. The first-order chi connectivity index (χ1) is 13.1. The third kappa shape index (κ3) is 4.77. The van der Waals surface area contributed by atoms with Gasteiger partial charge < -0.3 is 9.88 Å². The van der Waals surface area contributed by atoms with Gasteiger partial charge in [-0.1, -0.05) is 60.3 Å². The van der Waals surface area contributed by atoms with E-state index in [9.17, 15) is 4.79 Å². The number of hydrogen-bond donors (Lipinski definition) is 1. The molecule has 1 amide bonds. The third-order valence-electron chi connectivity index (χ3n) is 4.39. The number of carbonyl (C=O) groups excluding carboxylic acids is 1. The van der Waals surface area contributed by atoms with Crippen LogP contribution in [0.25, 0.3) is 0 Å². The second-order valence-electron chi connectivity index (χ2n) is 6.41. The standard InChI is InChI=1S/C21H24N4OS/c1-4-25-18(13-17-11-6-5-7-12-17)23-24-21(25)27-14-19(26)22-20-15(2)9-8-10-16(20)3/h5-12H,4,13-14H2,1-3H3,(H,22,26). The highest BCUT2D eigenvalue weighted by atomic mass is 32.2. The summed E-state index contributed by atoms with van der Waals surface area (Å²) in [5, 5.41) is 12.4. The smallest absolute Gasteiger partial charge is 0.234 e. The lowest BCUT2D eigenvalue weighted by molar-refractivity contribution is -0.113. The molecule has 6 heteroatoms. The van der Waals surface area contributed by atoms with Crippen molar-refractivity contribution in [1.29, 1.82) is 0 Å². The van der Waals surface area contributed by atoms with Crippen molar-refractivity contribution in [2.75, 3.05) is 11.1 Å². The van der Waals surface area contributed by atoms with E-state index in [1.165, 1.54) is 17.3 Å². The van der Waals surface area contributed by atoms with Crippen molar-refractivity contribution < 1.29 is 4.79 Å². The molecule has 0 saturated carbocycles. The number of anilines is 1. The van der Waals surface area contributed by atoms with Crippen LogP contribution in [0.1, 0.15) is 29.4 Å². The highest BCUT2D eigenvalue weighted by Crippen LogP contribution is 2.22. The molecule has 2 aromatic carbocycles. The van der Waals surface area contributed by atoms with E-state index in [0.717, 1.165) is 40.8 Å². The lowest BCUT2D eigenvalue weighted by Gasteiger charge is -2.11. The number of rotatable bonds is 7. The van der Waals surface area contributed by atoms with Gasteiger partial charge in [-0.05, 0) is 37.5 Å². The second kappa shape index (κ2) is 8.86. The lowest BCUT2D eigenvalue weighted by atomic mass is 10.1. The maximum atomic E-state index is 12.4. The van der Waals surface area contributed by atoms with Crippen molar-refractivity contribution in [2.24, 2.45) is 0 Å². The minimum Gasteiger partial charge on any atom is -0.325 e. The molecule has 0 bridgehead atoms. The lowest BCUT2D eigenvalue weighted by Crippen LogP contribution is -2.16. The number of amides is 1. The molecule has 0 unspecified atom stereocenters. The van der Waals surface area contributed by atoms with Gasteiger partial charge in [0.2, 0.25) is 5.91 Å². The number of benzene rings is 2. The molecule has 3 rings (SSSR count). The second-order valence-corrected chi connectivity index (χ2v) is 7.35. The van der Waals surface area contributed by atoms with Crippen LogP contribution in [0.4, 0.5) is 5.69 Å². The number of aryl methyl sites for hydroxylation is 2. The number of nitrogens with zero attached hydrogens (tertiary/aromatic N) is 3. The summed E-state index contributed by atoms with van der Waals surface area (Å²) in [6, 6.07) is 16.2. The fourth-order valence-electron chi connectivity index (χ4n) is 2.97. The fourth-order valence-corrected chi connectivity index (χ4v) is 3.79. The van der Waals surface area contributed by atoms with Crippen molar-refractivity contribution in [3.8, 4) is 0 Å². The molecule has 0 atom stereocenters. The summed E-state index contributed by atoms with van der Waals surface area (Å²) < 4.78 is 2.07. The Bertz CT molecular complexity index is 901. The van der Waals surface area contributed by atoms with E-state index in [4.69, 9.17) is 0 Å². The highest BCUT2D eigenvalue weighted by molar-refractivity contribution is 7.99. The van der Waals surface area contributed by atoms with E-state index in [0.29, 0.717) is 5.75 Å². The Morgan fingerprint density at radius 1 is 1.04 bits per heavy atom.